The van der Waals surface area contributed by atoms with Gasteiger partial charge in [0.2, 0.25) is 5.91 Å². The first-order valence-electron chi connectivity index (χ1n) is 5.24. The SMILES string of the molecule is CCCN(CC(=O)NC)c1ccc(Br)cn1. The monoisotopic (exact) mass is 285 g/mol. The highest BCUT2D eigenvalue weighted by atomic mass is 79.9. The summed E-state index contributed by atoms with van der Waals surface area (Å²) >= 11 is 3.34. The molecular weight excluding hydrogens is 270 g/mol. The molecule has 0 fully saturated rings. The summed E-state index contributed by atoms with van der Waals surface area (Å²) in [5.74, 6) is 0.826. The van der Waals surface area contributed by atoms with E-state index in [0.717, 1.165) is 23.3 Å². The van der Waals surface area contributed by atoms with Gasteiger partial charge in [-0.15, -0.1) is 0 Å². The molecule has 88 valence electrons. The molecule has 0 saturated heterocycles. The van der Waals surface area contributed by atoms with E-state index in [4.69, 9.17) is 0 Å². The first kappa shape index (κ1) is 13.0. The number of likely N-dealkylation sites (N-methyl/N-ethyl adjacent to an activating group) is 1. The zero-order valence-corrected chi connectivity index (χ0v) is 11.1. The minimum Gasteiger partial charge on any atom is -0.358 e. The smallest absolute Gasteiger partial charge is 0.239 e. The van der Waals surface area contributed by atoms with Crippen molar-refractivity contribution in [1.82, 2.24) is 10.3 Å². The Kier molecular flexibility index (Phi) is 5.25. The molecule has 0 radical (unpaired) electrons. The summed E-state index contributed by atoms with van der Waals surface area (Å²) in [5.41, 5.74) is 0. The Morgan fingerprint density at radius 1 is 1.56 bits per heavy atom. The van der Waals surface area contributed by atoms with Crippen molar-refractivity contribution in [2.24, 2.45) is 0 Å². The van der Waals surface area contributed by atoms with E-state index in [2.05, 4.69) is 33.2 Å². The third-order valence-corrected chi connectivity index (χ3v) is 2.61. The Morgan fingerprint density at radius 3 is 2.81 bits per heavy atom. The second-order valence-corrected chi connectivity index (χ2v) is 4.35. The molecule has 1 N–H and O–H groups in total. The van der Waals surface area contributed by atoms with Gasteiger partial charge in [-0.25, -0.2) is 4.98 Å². The van der Waals surface area contributed by atoms with Crippen molar-refractivity contribution in [1.29, 1.82) is 0 Å². The predicted octanol–water partition coefficient (Wildman–Crippen LogP) is 1.81. The van der Waals surface area contributed by atoms with Crippen LogP contribution >= 0.6 is 15.9 Å². The van der Waals surface area contributed by atoms with Gasteiger partial charge in [0.15, 0.2) is 0 Å². The average molecular weight is 286 g/mol. The molecule has 0 spiro atoms. The summed E-state index contributed by atoms with van der Waals surface area (Å²) in [5, 5.41) is 2.62. The quantitative estimate of drug-likeness (QED) is 0.898. The fraction of sp³-hybridized carbons (Fsp3) is 0.455. The van der Waals surface area contributed by atoms with Gasteiger partial charge in [0.25, 0.3) is 0 Å². The van der Waals surface area contributed by atoms with Crippen LogP contribution in [0.5, 0.6) is 0 Å². The first-order chi connectivity index (χ1) is 7.67. The minimum atomic E-state index is -0.00170. The molecule has 0 aliphatic carbocycles. The summed E-state index contributed by atoms with van der Waals surface area (Å²) in [6.45, 7) is 3.25. The number of anilines is 1. The molecule has 1 aromatic rings. The number of amides is 1. The molecule has 5 heteroatoms. The lowest BCUT2D eigenvalue weighted by atomic mass is 10.3. The minimum absolute atomic E-state index is 0.00170. The molecule has 0 aliphatic rings. The molecule has 0 bridgehead atoms. The van der Waals surface area contributed by atoms with E-state index < -0.39 is 0 Å². The lowest BCUT2D eigenvalue weighted by Gasteiger charge is -2.22. The van der Waals surface area contributed by atoms with Gasteiger partial charge in [-0.2, -0.15) is 0 Å². The van der Waals surface area contributed by atoms with Gasteiger partial charge >= 0.3 is 0 Å². The molecule has 0 atom stereocenters. The van der Waals surface area contributed by atoms with Crippen LogP contribution in [0.1, 0.15) is 13.3 Å². The lowest BCUT2D eigenvalue weighted by Crippen LogP contribution is -2.36. The number of nitrogens with zero attached hydrogens (tertiary/aromatic N) is 2. The molecule has 0 saturated carbocycles. The Balaban J connectivity index is 2.76. The van der Waals surface area contributed by atoms with Gasteiger partial charge in [-0.1, -0.05) is 6.92 Å². The molecule has 1 rings (SSSR count). The van der Waals surface area contributed by atoms with Crippen molar-refractivity contribution in [3.8, 4) is 0 Å². The normalized spacial score (nSPS) is 9.94. The maximum Gasteiger partial charge on any atom is 0.239 e. The Labute approximate surface area is 104 Å². The third-order valence-electron chi connectivity index (χ3n) is 2.14. The highest BCUT2D eigenvalue weighted by Crippen LogP contribution is 2.14. The third kappa shape index (κ3) is 3.81. The maximum atomic E-state index is 11.3. The number of rotatable bonds is 5. The van der Waals surface area contributed by atoms with Crippen LogP contribution in [-0.4, -0.2) is 31.0 Å². The van der Waals surface area contributed by atoms with Crippen molar-refractivity contribution in [2.75, 3.05) is 25.0 Å². The van der Waals surface area contributed by atoms with Gasteiger partial charge in [0.05, 0.1) is 6.54 Å². The molecule has 1 aromatic heterocycles. The molecular formula is C11H16BrN3O. The highest BCUT2D eigenvalue weighted by Gasteiger charge is 2.10. The number of aromatic nitrogens is 1. The molecule has 1 heterocycles. The molecule has 4 nitrogen and oxygen atoms in total. The van der Waals surface area contributed by atoms with Gasteiger partial charge < -0.3 is 10.2 Å². The summed E-state index contributed by atoms with van der Waals surface area (Å²) in [6, 6.07) is 3.83. The number of halogens is 1. The van der Waals surface area contributed by atoms with Crippen LogP contribution in [-0.2, 0) is 4.79 Å². The fourth-order valence-electron chi connectivity index (χ4n) is 1.35. The second-order valence-electron chi connectivity index (χ2n) is 3.43. The lowest BCUT2D eigenvalue weighted by molar-refractivity contribution is -0.119. The summed E-state index contributed by atoms with van der Waals surface area (Å²) in [4.78, 5) is 17.6. The van der Waals surface area contributed by atoms with Gasteiger partial charge in [0.1, 0.15) is 5.82 Å². The van der Waals surface area contributed by atoms with Crippen molar-refractivity contribution >= 4 is 27.7 Å². The van der Waals surface area contributed by atoms with Crippen molar-refractivity contribution in [3.05, 3.63) is 22.8 Å². The largest absolute Gasteiger partial charge is 0.358 e. The van der Waals surface area contributed by atoms with E-state index in [1.165, 1.54) is 0 Å². The number of hydrogen-bond acceptors (Lipinski definition) is 3. The van der Waals surface area contributed by atoms with Crippen LogP contribution in [0.2, 0.25) is 0 Å². The van der Waals surface area contributed by atoms with Crippen molar-refractivity contribution < 1.29 is 4.79 Å². The molecule has 0 aromatic carbocycles. The topological polar surface area (TPSA) is 45.2 Å². The first-order valence-corrected chi connectivity index (χ1v) is 6.03. The number of nitrogens with one attached hydrogen (secondary N) is 1. The van der Waals surface area contributed by atoms with Gasteiger partial charge in [-0.05, 0) is 34.5 Å². The van der Waals surface area contributed by atoms with Crippen LogP contribution in [0, 0.1) is 0 Å². The second kappa shape index (κ2) is 6.48. The van der Waals surface area contributed by atoms with Crippen LogP contribution in [0.15, 0.2) is 22.8 Å². The van der Waals surface area contributed by atoms with Gasteiger partial charge in [-0.3, -0.25) is 4.79 Å². The van der Waals surface area contributed by atoms with E-state index in [1.807, 2.05) is 17.0 Å². The summed E-state index contributed by atoms with van der Waals surface area (Å²) < 4.78 is 0.938. The number of carbonyl (C=O) groups is 1. The maximum absolute atomic E-state index is 11.3. The van der Waals surface area contributed by atoms with Crippen molar-refractivity contribution in [2.45, 2.75) is 13.3 Å². The van der Waals surface area contributed by atoms with Crippen LogP contribution in [0.3, 0.4) is 0 Å². The Morgan fingerprint density at radius 2 is 2.31 bits per heavy atom. The summed E-state index contributed by atoms with van der Waals surface area (Å²) in [6.07, 6.45) is 2.72. The summed E-state index contributed by atoms with van der Waals surface area (Å²) in [7, 11) is 1.64. The van der Waals surface area contributed by atoms with E-state index in [1.54, 1.807) is 13.2 Å². The molecule has 1 amide bonds. The van der Waals surface area contributed by atoms with E-state index in [0.29, 0.717) is 6.54 Å². The number of carbonyl (C=O) groups excluding carboxylic acids is 1. The highest BCUT2D eigenvalue weighted by molar-refractivity contribution is 9.10. The van der Waals surface area contributed by atoms with Crippen LogP contribution in [0.4, 0.5) is 5.82 Å². The van der Waals surface area contributed by atoms with E-state index in [-0.39, 0.29) is 5.91 Å². The number of pyridine rings is 1. The molecule has 16 heavy (non-hydrogen) atoms. The van der Waals surface area contributed by atoms with E-state index >= 15 is 0 Å². The van der Waals surface area contributed by atoms with Gasteiger partial charge in [0, 0.05) is 24.3 Å². The molecule has 0 unspecified atom stereocenters. The molecule has 0 aliphatic heterocycles. The van der Waals surface area contributed by atoms with Crippen LogP contribution in [0.25, 0.3) is 0 Å². The average Bonchev–Trinajstić information content (AvgIpc) is 2.29. The Hall–Kier alpha value is -1.10. The zero-order valence-electron chi connectivity index (χ0n) is 9.53. The predicted molar refractivity (Wildman–Crippen MR) is 68.5 cm³/mol. The fourth-order valence-corrected chi connectivity index (χ4v) is 1.59. The zero-order chi connectivity index (χ0) is 12.0. The van der Waals surface area contributed by atoms with Crippen LogP contribution < -0.4 is 10.2 Å². The Bertz CT molecular complexity index is 340. The number of hydrogen-bond donors (Lipinski definition) is 1. The van der Waals surface area contributed by atoms with Crippen molar-refractivity contribution in [3.63, 3.8) is 0 Å². The van der Waals surface area contributed by atoms with E-state index in [9.17, 15) is 4.79 Å². The standard InChI is InChI=1S/C11H16BrN3O/c1-3-6-15(8-11(16)13-2)10-5-4-9(12)7-14-10/h4-5,7H,3,6,8H2,1-2H3,(H,13,16).